The first kappa shape index (κ1) is 15.2. The van der Waals surface area contributed by atoms with Gasteiger partial charge in [0.2, 0.25) is 0 Å². The molecule has 0 bridgehead atoms. The molecule has 1 atom stereocenters. The zero-order valence-corrected chi connectivity index (χ0v) is 15.2. The quantitative estimate of drug-likeness (QED) is 0.792. The van der Waals surface area contributed by atoms with Gasteiger partial charge in [0.25, 0.3) is 0 Å². The Morgan fingerprint density at radius 1 is 1.42 bits per heavy atom. The number of thiophene rings is 1. The number of aromatic nitrogens is 2. The molecule has 104 valence electrons. The molecule has 0 aromatic carbocycles. The van der Waals surface area contributed by atoms with Crippen LogP contribution in [0, 0.1) is 6.92 Å². The summed E-state index contributed by atoms with van der Waals surface area (Å²) in [5, 5.41) is 7.97. The third kappa shape index (κ3) is 3.12. The Morgan fingerprint density at radius 3 is 2.68 bits per heavy atom. The molecule has 1 N–H and O–H groups in total. The van der Waals surface area contributed by atoms with Crippen molar-refractivity contribution in [1.82, 2.24) is 15.1 Å². The maximum atomic E-state index is 4.41. The molecule has 2 aromatic heterocycles. The number of nitrogens with one attached hydrogen (secondary N) is 1. The Labute approximate surface area is 134 Å². The smallest absolute Gasteiger partial charge is 0.0853 e. The first-order valence-corrected chi connectivity index (χ1v) is 8.69. The average Bonchev–Trinajstić information content (AvgIpc) is 2.91. The van der Waals surface area contributed by atoms with Crippen molar-refractivity contribution in [3.8, 4) is 0 Å². The third-order valence-corrected chi connectivity index (χ3v) is 5.79. The van der Waals surface area contributed by atoms with Crippen LogP contribution >= 0.6 is 43.2 Å². The molecule has 2 heterocycles. The lowest BCUT2D eigenvalue weighted by molar-refractivity contribution is 0.545. The monoisotopic (exact) mass is 405 g/mol. The van der Waals surface area contributed by atoms with Gasteiger partial charge in [-0.3, -0.25) is 4.68 Å². The second kappa shape index (κ2) is 6.52. The Bertz CT molecular complexity index is 543. The summed E-state index contributed by atoms with van der Waals surface area (Å²) in [4.78, 5) is 1.31. The molecule has 0 fully saturated rings. The minimum absolute atomic E-state index is 0.178. The molecule has 0 radical (unpaired) electrons. The van der Waals surface area contributed by atoms with E-state index >= 15 is 0 Å². The summed E-state index contributed by atoms with van der Waals surface area (Å²) in [6.07, 6.45) is 1.87. The first-order valence-electron chi connectivity index (χ1n) is 6.28. The van der Waals surface area contributed by atoms with E-state index in [4.69, 9.17) is 0 Å². The third-order valence-electron chi connectivity index (χ3n) is 2.98. The summed E-state index contributed by atoms with van der Waals surface area (Å²) in [5.41, 5.74) is 2.47. The van der Waals surface area contributed by atoms with E-state index in [0.717, 1.165) is 17.6 Å². The summed E-state index contributed by atoms with van der Waals surface area (Å²) in [6.45, 7) is 8.15. The topological polar surface area (TPSA) is 29.9 Å². The molecule has 0 aliphatic carbocycles. The van der Waals surface area contributed by atoms with Gasteiger partial charge in [-0.05, 0) is 63.9 Å². The van der Waals surface area contributed by atoms with Gasteiger partial charge in [-0.1, -0.05) is 6.92 Å². The predicted octanol–water partition coefficient (Wildman–Crippen LogP) is 4.50. The van der Waals surface area contributed by atoms with E-state index in [1.54, 1.807) is 11.3 Å². The molecular formula is C13H17Br2N3S. The van der Waals surface area contributed by atoms with E-state index in [-0.39, 0.29) is 6.04 Å². The van der Waals surface area contributed by atoms with Gasteiger partial charge in [-0.25, -0.2) is 0 Å². The number of nitrogens with zero attached hydrogens (tertiary/aromatic N) is 2. The summed E-state index contributed by atoms with van der Waals surface area (Å²) in [5.74, 6) is 0. The van der Waals surface area contributed by atoms with Crippen LogP contribution in [0.4, 0.5) is 0 Å². The Hall–Kier alpha value is -0.170. The minimum atomic E-state index is 0.178. The molecule has 0 aliphatic rings. The fourth-order valence-corrected chi connectivity index (χ4v) is 4.25. The molecule has 0 spiro atoms. The highest BCUT2D eigenvalue weighted by atomic mass is 79.9. The van der Waals surface area contributed by atoms with Gasteiger partial charge in [-0.15, -0.1) is 11.3 Å². The van der Waals surface area contributed by atoms with Gasteiger partial charge in [0, 0.05) is 11.4 Å². The molecule has 0 amide bonds. The van der Waals surface area contributed by atoms with Crippen LogP contribution in [0.15, 0.2) is 20.5 Å². The van der Waals surface area contributed by atoms with Crippen molar-refractivity contribution >= 4 is 43.2 Å². The van der Waals surface area contributed by atoms with Crippen molar-refractivity contribution in [1.29, 1.82) is 0 Å². The van der Waals surface area contributed by atoms with Crippen molar-refractivity contribution in [2.75, 3.05) is 6.54 Å². The summed E-state index contributed by atoms with van der Waals surface area (Å²) < 4.78 is 4.30. The lowest BCUT2D eigenvalue weighted by Crippen LogP contribution is -2.24. The lowest BCUT2D eigenvalue weighted by atomic mass is 10.1. The van der Waals surface area contributed by atoms with Gasteiger partial charge >= 0.3 is 0 Å². The van der Waals surface area contributed by atoms with Gasteiger partial charge < -0.3 is 5.32 Å². The Balaban J connectivity index is 2.47. The largest absolute Gasteiger partial charge is 0.305 e. The molecule has 3 nitrogen and oxygen atoms in total. The number of hydrogen-bond donors (Lipinski definition) is 1. The van der Waals surface area contributed by atoms with Crippen LogP contribution in [-0.2, 0) is 6.54 Å². The lowest BCUT2D eigenvalue weighted by Gasteiger charge is -2.18. The van der Waals surface area contributed by atoms with Crippen molar-refractivity contribution < 1.29 is 0 Å². The van der Waals surface area contributed by atoms with Crippen molar-refractivity contribution in [2.45, 2.75) is 33.4 Å². The van der Waals surface area contributed by atoms with E-state index in [0.29, 0.717) is 0 Å². The zero-order valence-electron chi connectivity index (χ0n) is 11.2. The first-order chi connectivity index (χ1) is 9.08. The predicted molar refractivity (Wildman–Crippen MR) is 87.9 cm³/mol. The van der Waals surface area contributed by atoms with Gasteiger partial charge in [-0.2, -0.15) is 5.10 Å². The highest BCUT2D eigenvalue weighted by Crippen LogP contribution is 2.36. The highest BCUT2D eigenvalue weighted by Gasteiger charge is 2.23. The molecule has 0 aliphatic heterocycles. The number of aryl methyl sites for hydroxylation is 2. The summed E-state index contributed by atoms with van der Waals surface area (Å²) in [6, 6.07) is 2.42. The Morgan fingerprint density at radius 2 is 2.16 bits per heavy atom. The second-order valence-corrected chi connectivity index (χ2v) is 7.55. The number of rotatable bonds is 5. The normalized spacial score (nSPS) is 12.9. The maximum absolute atomic E-state index is 4.41. The van der Waals surface area contributed by atoms with E-state index in [9.17, 15) is 0 Å². The molecule has 19 heavy (non-hydrogen) atoms. The van der Waals surface area contributed by atoms with Gasteiger partial charge in [0.1, 0.15) is 0 Å². The molecule has 6 heteroatoms. The number of halogens is 2. The van der Waals surface area contributed by atoms with E-state index in [2.05, 4.69) is 69.1 Å². The second-order valence-electron chi connectivity index (χ2n) is 4.29. The molecule has 0 saturated carbocycles. The molecule has 1 unspecified atom stereocenters. The van der Waals surface area contributed by atoms with Crippen LogP contribution in [0.25, 0.3) is 0 Å². The highest BCUT2D eigenvalue weighted by molar-refractivity contribution is 9.11. The molecule has 2 rings (SSSR count). The van der Waals surface area contributed by atoms with Gasteiger partial charge in [0.05, 0.1) is 26.2 Å². The summed E-state index contributed by atoms with van der Waals surface area (Å²) in [7, 11) is 0. The SMILES string of the molecule is CCNC(c1cc(C)c(Br)s1)c1c(Br)cnn1CC. The van der Waals surface area contributed by atoms with Crippen molar-refractivity contribution in [2.24, 2.45) is 0 Å². The minimum Gasteiger partial charge on any atom is -0.305 e. The van der Waals surface area contributed by atoms with Crippen LogP contribution in [0.1, 0.15) is 36.0 Å². The Kier molecular flexibility index (Phi) is 5.22. The van der Waals surface area contributed by atoms with Gasteiger partial charge in [0.15, 0.2) is 0 Å². The van der Waals surface area contributed by atoms with E-state index in [1.807, 2.05) is 10.9 Å². The van der Waals surface area contributed by atoms with Crippen molar-refractivity contribution in [3.05, 3.63) is 36.7 Å². The van der Waals surface area contributed by atoms with E-state index in [1.165, 1.54) is 19.9 Å². The fourth-order valence-electron chi connectivity index (χ4n) is 2.07. The maximum Gasteiger partial charge on any atom is 0.0853 e. The fraction of sp³-hybridized carbons (Fsp3) is 0.462. The summed E-state index contributed by atoms with van der Waals surface area (Å²) >= 11 is 9.01. The van der Waals surface area contributed by atoms with Crippen LogP contribution < -0.4 is 5.32 Å². The van der Waals surface area contributed by atoms with E-state index < -0.39 is 0 Å². The van der Waals surface area contributed by atoms with Crippen LogP contribution in [0.3, 0.4) is 0 Å². The standard InChI is InChI=1S/C13H17Br2N3S/c1-4-16-11(10-6-8(3)13(15)19-10)12-9(14)7-17-18(12)5-2/h6-7,11,16H,4-5H2,1-3H3. The average molecular weight is 407 g/mol. The zero-order chi connectivity index (χ0) is 14.0. The number of hydrogen-bond acceptors (Lipinski definition) is 3. The molecule has 2 aromatic rings. The molecular weight excluding hydrogens is 390 g/mol. The van der Waals surface area contributed by atoms with Crippen LogP contribution in [0.2, 0.25) is 0 Å². The van der Waals surface area contributed by atoms with Crippen molar-refractivity contribution in [3.63, 3.8) is 0 Å². The van der Waals surface area contributed by atoms with Crippen LogP contribution in [0.5, 0.6) is 0 Å². The molecule has 0 saturated heterocycles. The van der Waals surface area contributed by atoms with Crippen LogP contribution in [-0.4, -0.2) is 16.3 Å².